The maximum atomic E-state index is 4.37. The van der Waals surface area contributed by atoms with Crippen molar-refractivity contribution in [2.24, 2.45) is 5.92 Å². The minimum atomic E-state index is 0.341. The molecule has 2 heterocycles. The fraction of sp³-hybridized carbons (Fsp3) is 0.824. The first kappa shape index (κ1) is 18.1. The summed E-state index contributed by atoms with van der Waals surface area (Å²) >= 11 is 0. The van der Waals surface area contributed by atoms with Crippen molar-refractivity contribution in [3.05, 3.63) is 18.5 Å². The second kappa shape index (κ2) is 9.13. The summed E-state index contributed by atoms with van der Waals surface area (Å²) in [7, 11) is 0. The molecule has 1 aromatic rings. The van der Waals surface area contributed by atoms with Crippen LogP contribution < -0.4 is 0 Å². The number of piperazine rings is 1. The fourth-order valence-corrected chi connectivity index (χ4v) is 3.18. The number of aromatic nitrogens is 4. The summed E-state index contributed by atoms with van der Waals surface area (Å²) in [4.78, 5) is 5.01. The average Bonchev–Trinajstić information content (AvgIpc) is 3.00. The number of tetrazole rings is 1. The first-order valence-corrected chi connectivity index (χ1v) is 8.99. The van der Waals surface area contributed by atoms with E-state index in [-0.39, 0.29) is 0 Å². The Balaban J connectivity index is 2.04. The lowest BCUT2D eigenvalue weighted by Crippen LogP contribution is -2.48. The van der Waals surface area contributed by atoms with Crippen LogP contribution >= 0.6 is 0 Å². The quantitative estimate of drug-likeness (QED) is 0.654. The van der Waals surface area contributed by atoms with Crippen molar-refractivity contribution >= 4 is 0 Å². The summed E-state index contributed by atoms with van der Waals surface area (Å²) in [5.74, 6) is 1.71. The second-order valence-electron chi connectivity index (χ2n) is 6.87. The van der Waals surface area contributed by atoms with Gasteiger partial charge in [-0.05, 0) is 29.2 Å². The van der Waals surface area contributed by atoms with E-state index in [0.717, 1.165) is 64.4 Å². The van der Waals surface area contributed by atoms with Gasteiger partial charge in [0.05, 0.1) is 6.04 Å². The zero-order valence-corrected chi connectivity index (χ0v) is 15.0. The maximum Gasteiger partial charge on any atom is 0.168 e. The molecule has 1 aromatic heterocycles. The highest BCUT2D eigenvalue weighted by molar-refractivity contribution is 4.95. The third-order valence-corrected chi connectivity index (χ3v) is 4.57. The summed E-state index contributed by atoms with van der Waals surface area (Å²) in [5, 5.41) is 12.6. The Morgan fingerprint density at radius 2 is 1.91 bits per heavy atom. The lowest BCUT2D eigenvalue weighted by molar-refractivity contribution is 0.0918. The molecule has 6 heteroatoms. The normalized spacial score (nSPS) is 18.4. The number of nitrogens with zero attached hydrogens (tertiary/aromatic N) is 6. The van der Waals surface area contributed by atoms with Crippen LogP contribution in [0.25, 0.3) is 0 Å². The van der Waals surface area contributed by atoms with Gasteiger partial charge in [-0.25, -0.2) is 4.68 Å². The molecule has 23 heavy (non-hydrogen) atoms. The van der Waals surface area contributed by atoms with E-state index in [1.165, 1.54) is 0 Å². The van der Waals surface area contributed by atoms with Crippen molar-refractivity contribution in [1.82, 2.24) is 30.0 Å². The maximum absolute atomic E-state index is 4.37. The number of hydrogen-bond acceptors (Lipinski definition) is 5. The van der Waals surface area contributed by atoms with Crippen molar-refractivity contribution in [2.75, 3.05) is 32.7 Å². The minimum absolute atomic E-state index is 0.341. The van der Waals surface area contributed by atoms with E-state index in [2.05, 4.69) is 52.7 Å². The van der Waals surface area contributed by atoms with Crippen LogP contribution in [0.4, 0.5) is 0 Å². The van der Waals surface area contributed by atoms with E-state index >= 15 is 0 Å². The van der Waals surface area contributed by atoms with Crippen LogP contribution in [0.1, 0.15) is 51.9 Å². The van der Waals surface area contributed by atoms with Gasteiger partial charge in [0.1, 0.15) is 0 Å². The van der Waals surface area contributed by atoms with E-state index in [0.29, 0.717) is 12.0 Å². The molecule has 2 rings (SSSR count). The van der Waals surface area contributed by atoms with E-state index in [4.69, 9.17) is 0 Å². The Hall–Kier alpha value is -1.27. The molecule has 1 aliphatic rings. The van der Waals surface area contributed by atoms with Gasteiger partial charge in [-0.3, -0.25) is 9.80 Å². The monoisotopic (exact) mass is 320 g/mol. The molecule has 0 bridgehead atoms. The molecule has 1 atom stereocenters. The molecule has 130 valence electrons. The van der Waals surface area contributed by atoms with E-state index < -0.39 is 0 Å². The fourth-order valence-electron chi connectivity index (χ4n) is 3.18. The molecular weight excluding hydrogens is 288 g/mol. The molecule has 0 aromatic carbocycles. The Bertz CT molecular complexity index is 461. The summed E-state index contributed by atoms with van der Waals surface area (Å²) in [6.45, 7) is 16.8. The largest absolute Gasteiger partial charge is 0.297 e. The second-order valence-corrected chi connectivity index (χ2v) is 6.87. The lowest BCUT2D eigenvalue weighted by atomic mass is 10.1. The van der Waals surface area contributed by atoms with E-state index in [1.54, 1.807) is 0 Å². The van der Waals surface area contributed by atoms with Gasteiger partial charge < -0.3 is 0 Å². The molecular formula is C17H32N6. The first-order chi connectivity index (χ1) is 11.2. The third-order valence-electron chi connectivity index (χ3n) is 4.57. The summed E-state index contributed by atoms with van der Waals surface area (Å²) in [5.41, 5.74) is 0. The van der Waals surface area contributed by atoms with Gasteiger partial charge in [0.2, 0.25) is 0 Å². The number of hydrogen-bond donors (Lipinski definition) is 0. The standard InChI is InChI=1S/C17H32N6/c1-5-7-16(22-13-11-21(9-6-2)12-14-22)17-18-19-20-23(17)10-8-15(3)4/h6,15-16H,2,5,7-14H2,1,3-4H3/t16-/m1/s1. The highest BCUT2D eigenvalue weighted by Crippen LogP contribution is 2.25. The number of aryl methyl sites for hydroxylation is 1. The Labute approximate surface area is 140 Å². The first-order valence-electron chi connectivity index (χ1n) is 8.99. The topological polar surface area (TPSA) is 50.1 Å². The molecule has 0 N–H and O–H groups in total. The van der Waals surface area contributed by atoms with Crippen LogP contribution in [0.2, 0.25) is 0 Å². The summed E-state index contributed by atoms with van der Waals surface area (Å²) in [6, 6.07) is 0.341. The molecule has 0 saturated carbocycles. The predicted octanol–water partition coefficient (Wildman–Crippen LogP) is 2.36. The van der Waals surface area contributed by atoms with Crippen molar-refractivity contribution in [3.63, 3.8) is 0 Å². The van der Waals surface area contributed by atoms with Gasteiger partial charge in [0.25, 0.3) is 0 Å². The van der Waals surface area contributed by atoms with Gasteiger partial charge in [-0.1, -0.05) is 33.3 Å². The van der Waals surface area contributed by atoms with Gasteiger partial charge in [0.15, 0.2) is 5.82 Å². The highest BCUT2D eigenvalue weighted by atomic mass is 15.5. The summed E-state index contributed by atoms with van der Waals surface area (Å²) in [6.07, 6.45) is 5.37. The van der Waals surface area contributed by atoms with Crippen LogP contribution in [0.15, 0.2) is 12.7 Å². The third kappa shape index (κ3) is 5.11. The lowest BCUT2D eigenvalue weighted by Gasteiger charge is -2.38. The van der Waals surface area contributed by atoms with E-state index in [9.17, 15) is 0 Å². The molecule has 0 aliphatic carbocycles. The smallest absolute Gasteiger partial charge is 0.168 e. The zero-order chi connectivity index (χ0) is 16.7. The molecule has 0 unspecified atom stereocenters. The van der Waals surface area contributed by atoms with Gasteiger partial charge >= 0.3 is 0 Å². The van der Waals surface area contributed by atoms with Gasteiger partial charge in [-0.15, -0.1) is 11.7 Å². The Morgan fingerprint density at radius 3 is 2.52 bits per heavy atom. The van der Waals surface area contributed by atoms with Crippen molar-refractivity contribution < 1.29 is 0 Å². The van der Waals surface area contributed by atoms with Gasteiger partial charge in [-0.2, -0.15) is 0 Å². The molecule has 1 saturated heterocycles. The van der Waals surface area contributed by atoms with Gasteiger partial charge in [0, 0.05) is 39.3 Å². The highest BCUT2D eigenvalue weighted by Gasteiger charge is 2.28. The average molecular weight is 320 g/mol. The minimum Gasteiger partial charge on any atom is -0.297 e. The van der Waals surface area contributed by atoms with Crippen molar-refractivity contribution in [1.29, 1.82) is 0 Å². The van der Waals surface area contributed by atoms with Crippen LogP contribution in [0, 0.1) is 5.92 Å². The van der Waals surface area contributed by atoms with Crippen LogP contribution in [-0.2, 0) is 6.54 Å². The van der Waals surface area contributed by atoms with Crippen LogP contribution in [-0.4, -0.2) is 62.7 Å². The molecule has 6 nitrogen and oxygen atoms in total. The molecule has 1 aliphatic heterocycles. The van der Waals surface area contributed by atoms with E-state index in [1.807, 2.05) is 10.8 Å². The summed E-state index contributed by atoms with van der Waals surface area (Å²) < 4.78 is 2.02. The van der Waals surface area contributed by atoms with Crippen LogP contribution in [0.5, 0.6) is 0 Å². The SMILES string of the molecule is C=CCN1CCN([C@H](CCC)c2nnnn2CCC(C)C)CC1. The van der Waals surface area contributed by atoms with Crippen molar-refractivity contribution in [3.8, 4) is 0 Å². The Kier molecular flexibility index (Phi) is 7.17. The molecule has 0 spiro atoms. The Morgan fingerprint density at radius 1 is 1.17 bits per heavy atom. The molecule has 1 fully saturated rings. The predicted molar refractivity (Wildman–Crippen MR) is 93.1 cm³/mol. The van der Waals surface area contributed by atoms with Crippen LogP contribution in [0.3, 0.4) is 0 Å². The zero-order valence-electron chi connectivity index (χ0n) is 15.0. The van der Waals surface area contributed by atoms with Crippen molar-refractivity contribution in [2.45, 2.75) is 52.6 Å². The molecule has 0 radical (unpaired) electrons. The number of rotatable bonds is 9. The molecule has 0 amide bonds.